The molecule has 0 aromatic heterocycles. The zero-order valence-electron chi connectivity index (χ0n) is 11.1. The van der Waals surface area contributed by atoms with Crippen LogP contribution in [0.5, 0.6) is 0 Å². The molecule has 0 atom stereocenters. The predicted octanol–water partition coefficient (Wildman–Crippen LogP) is 4.77. The molecule has 0 heterocycles. The molecule has 0 fully saturated rings. The molecule has 1 aromatic carbocycles. The van der Waals surface area contributed by atoms with E-state index in [9.17, 15) is 0 Å². The molecule has 0 spiro atoms. The van der Waals surface area contributed by atoms with Gasteiger partial charge >= 0.3 is 0 Å². The van der Waals surface area contributed by atoms with Gasteiger partial charge in [-0.25, -0.2) is 0 Å². The normalized spacial score (nSPS) is 12.0. The van der Waals surface area contributed by atoms with Crippen molar-refractivity contribution in [1.82, 2.24) is 0 Å². The van der Waals surface area contributed by atoms with Gasteiger partial charge in [-0.1, -0.05) is 38.4 Å². The molecule has 90 valence electrons. The fraction of sp³-hybridized carbons (Fsp3) is 0.571. The second-order valence-electron chi connectivity index (χ2n) is 5.70. The fourth-order valence-electron chi connectivity index (χ4n) is 1.72. The van der Waals surface area contributed by atoms with E-state index in [1.165, 1.54) is 11.1 Å². The van der Waals surface area contributed by atoms with Crippen LogP contribution in [0.4, 0.5) is 5.69 Å². The second-order valence-corrected chi connectivity index (χ2v) is 6.10. The van der Waals surface area contributed by atoms with Crippen LogP contribution in [0.3, 0.4) is 0 Å². The van der Waals surface area contributed by atoms with Crippen molar-refractivity contribution in [2.24, 2.45) is 0 Å². The van der Waals surface area contributed by atoms with Gasteiger partial charge in [0.25, 0.3) is 0 Å². The van der Waals surface area contributed by atoms with Gasteiger partial charge < -0.3 is 5.32 Å². The van der Waals surface area contributed by atoms with Crippen LogP contribution in [0.15, 0.2) is 12.1 Å². The van der Waals surface area contributed by atoms with Crippen molar-refractivity contribution in [2.45, 2.75) is 53.0 Å². The monoisotopic (exact) mass is 239 g/mol. The molecule has 0 bridgehead atoms. The smallest absolute Gasteiger partial charge is 0.0464 e. The molecular weight excluding hydrogens is 218 g/mol. The largest absolute Gasteiger partial charge is 0.383 e. The van der Waals surface area contributed by atoms with E-state index in [1.807, 2.05) is 6.07 Å². The first-order chi connectivity index (χ1) is 7.21. The lowest BCUT2D eigenvalue weighted by atomic mass is 9.86. The van der Waals surface area contributed by atoms with Gasteiger partial charge in [0.05, 0.1) is 0 Å². The first-order valence-electron chi connectivity index (χ1n) is 5.79. The van der Waals surface area contributed by atoms with Crippen molar-refractivity contribution in [3.05, 3.63) is 28.3 Å². The highest BCUT2D eigenvalue weighted by molar-refractivity contribution is 6.31. The van der Waals surface area contributed by atoms with E-state index in [4.69, 9.17) is 11.6 Å². The van der Waals surface area contributed by atoms with Gasteiger partial charge in [-0.05, 0) is 43.4 Å². The van der Waals surface area contributed by atoms with Crippen molar-refractivity contribution in [1.29, 1.82) is 0 Å². The SMILES string of the molecule is Cc1cc(C(C)(C)C)c(Cl)cc1NC(C)C. The van der Waals surface area contributed by atoms with E-state index in [0.29, 0.717) is 6.04 Å². The molecule has 0 radical (unpaired) electrons. The van der Waals surface area contributed by atoms with Crippen molar-refractivity contribution in [3.8, 4) is 0 Å². The Hall–Kier alpha value is -0.690. The summed E-state index contributed by atoms with van der Waals surface area (Å²) in [6.07, 6.45) is 0. The molecular formula is C14H22ClN. The summed E-state index contributed by atoms with van der Waals surface area (Å²) in [7, 11) is 0. The minimum absolute atomic E-state index is 0.0954. The molecule has 1 N–H and O–H groups in total. The molecule has 0 aliphatic rings. The van der Waals surface area contributed by atoms with Crippen molar-refractivity contribution in [3.63, 3.8) is 0 Å². The van der Waals surface area contributed by atoms with Gasteiger partial charge in [-0.2, -0.15) is 0 Å². The standard InChI is InChI=1S/C14H22ClN/c1-9(2)16-13-8-12(15)11(7-10(13)3)14(4,5)6/h7-9,16H,1-6H3. The summed E-state index contributed by atoms with van der Waals surface area (Å²) >= 11 is 6.33. The molecule has 0 aliphatic carbocycles. The van der Waals surface area contributed by atoms with Gasteiger partial charge in [0.2, 0.25) is 0 Å². The Morgan fingerprint density at radius 3 is 2.19 bits per heavy atom. The zero-order chi connectivity index (χ0) is 12.5. The van der Waals surface area contributed by atoms with E-state index >= 15 is 0 Å². The van der Waals surface area contributed by atoms with Gasteiger partial charge in [-0.3, -0.25) is 0 Å². The summed E-state index contributed by atoms with van der Waals surface area (Å²) < 4.78 is 0. The topological polar surface area (TPSA) is 12.0 Å². The van der Waals surface area contributed by atoms with Crippen LogP contribution in [0.1, 0.15) is 45.7 Å². The van der Waals surface area contributed by atoms with Gasteiger partial charge in [0.15, 0.2) is 0 Å². The van der Waals surface area contributed by atoms with Crippen molar-refractivity contribution < 1.29 is 0 Å². The highest BCUT2D eigenvalue weighted by Crippen LogP contribution is 2.33. The van der Waals surface area contributed by atoms with Crippen LogP contribution in [0.2, 0.25) is 5.02 Å². The minimum atomic E-state index is 0.0954. The zero-order valence-corrected chi connectivity index (χ0v) is 11.9. The summed E-state index contributed by atoms with van der Waals surface area (Å²) in [4.78, 5) is 0. The molecule has 1 rings (SSSR count). The minimum Gasteiger partial charge on any atom is -0.383 e. The summed E-state index contributed by atoms with van der Waals surface area (Å²) in [6.45, 7) is 12.9. The third-order valence-electron chi connectivity index (χ3n) is 2.57. The van der Waals surface area contributed by atoms with E-state index in [2.05, 4.69) is 52.9 Å². The second kappa shape index (κ2) is 4.67. The Labute approximate surface area is 104 Å². The van der Waals surface area contributed by atoms with E-state index in [1.54, 1.807) is 0 Å². The lowest BCUT2D eigenvalue weighted by Crippen LogP contribution is -2.15. The molecule has 0 saturated carbocycles. The molecule has 16 heavy (non-hydrogen) atoms. The molecule has 0 amide bonds. The summed E-state index contributed by atoms with van der Waals surface area (Å²) in [6, 6.07) is 4.65. The summed E-state index contributed by atoms with van der Waals surface area (Å²) in [5.41, 5.74) is 3.69. The number of hydrogen-bond donors (Lipinski definition) is 1. The maximum absolute atomic E-state index is 6.33. The molecule has 0 aliphatic heterocycles. The predicted molar refractivity (Wildman–Crippen MR) is 73.6 cm³/mol. The molecule has 2 heteroatoms. The average molecular weight is 240 g/mol. The highest BCUT2D eigenvalue weighted by Gasteiger charge is 2.18. The molecule has 1 nitrogen and oxygen atoms in total. The van der Waals surface area contributed by atoms with E-state index < -0.39 is 0 Å². The number of anilines is 1. The molecule has 1 aromatic rings. The van der Waals surface area contributed by atoms with Crippen molar-refractivity contribution in [2.75, 3.05) is 5.32 Å². The average Bonchev–Trinajstić information content (AvgIpc) is 2.07. The van der Waals surface area contributed by atoms with Crippen LogP contribution in [-0.4, -0.2) is 6.04 Å². The highest BCUT2D eigenvalue weighted by atomic mass is 35.5. The Bertz CT molecular complexity index is 375. The van der Waals surface area contributed by atoms with Gasteiger partial charge in [0.1, 0.15) is 0 Å². The number of benzene rings is 1. The third-order valence-corrected chi connectivity index (χ3v) is 2.88. The molecule has 0 unspecified atom stereocenters. The van der Waals surface area contributed by atoms with E-state index in [-0.39, 0.29) is 5.41 Å². The molecule has 0 saturated heterocycles. The van der Waals surface area contributed by atoms with Crippen molar-refractivity contribution >= 4 is 17.3 Å². The number of nitrogens with one attached hydrogen (secondary N) is 1. The van der Waals surface area contributed by atoms with Crippen LogP contribution in [-0.2, 0) is 5.41 Å². The third kappa shape index (κ3) is 3.15. The Morgan fingerprint density at radius 2 is 1.75 bits per heavy atom. The van der Waals surface area contributed by atoms with Gasteiger partial charge in [0, 0.05) is 16.8 Å². The Balaban J connectivity index is 3.17. The first-order valence-corrected chi connectivity index (χ1v) is 6.17. The number of hydrogen-bond acceptors (Lipinski definition) is 1. The Morgan fingerprint density at radius 1 is 1.19 bits per heavy atom. The van der Waals surface area contributed by atoms with Crippen LogP contribution in [0.25, 0.3) is 0 Å². The quantitative estimate of drug-likeness (QED) is 0.784. The van der Waals surface area contributed by atoms with Gasteiger partial charge in [-0.15, -0.1) is 0 Å². The lowest BCUT2D eigenvalue weighted by molar-refractivity contribution is 0.590. The van der Waals surface area contributed by atoms with Crippen LogP contribution >= 0.6 is 11.6 Å². The maximum Gasteiger partial charge on any atom is 0.0464 e. The number of rotatable bonds is 2. The number of halogens is 1. The maximum atomic E-state index is 6.33. The van der Waals surface area contributed by atoms with E-state index in [0.717, 1.165) is 10.7 Å². The number of aryl methyl sites for hydroxylation is 1. The lowest BCUT2D eigenvalue weighted by Gasteiger charge is -2.23. The fourth-order valence-corrected chi connectivity index (χ4v) is 2.17. The van der Waals surface area contributed by atoms with Crippen LogP contribution in [0, 0.1) is 6.92 Å². The first kappa shape index (κ1) is 13.4. The summed E-state index contributed by atoms with van der Waals surface area (Å²) in [5.74, 6) is 0. The van der Waals surface area contributed by atoms with Crippen LogP contribution < -0.4 is 5.32 Å². The summed E-state index contributed by atoms with van der Waals surface area (Å²) in [5, 5.41) is 4.26. The Kier molecular flexibility index (Phi) is 3.90.